The van der Waals surface area contributed by atoms with Crippen LogP contribution < -0.4 is 0 Å². The predicted octanol–water partition coefficient (Wildman–Crippen LogP) is 5.00. The van der Waals surface area contributed by atoms with Crippen LogP contribution in [0.5, 0.6) is 0 Å². The van der Waals surface area contributed by atoms with Gasteiger partial charge in [0.1, 0.15) is 0 Å². The van der Waals surface area contributed by atoms with E-state index in [0.717, 1.165) is 57.5 Å². The van der Waals surface area contributed by atoms with Crippen LogP contribution in [0.2, 0.25) is 0 Å². The molecule has 31 heavy (non-hydrogen) atoms. The van der Waals surface area contributed by atoms with Crippen LogP contribution in [-0.4, -0.2) is 29.8 Å². The highest BCUT2D eigenvalue weighted by Crippen LogP contribution is 2.26. The van der Waals surface area contributed by atoms with Crippen molar-refractivity contribution in [1.29, 1.82) is 0 Å². The minimum atomic E-state index is 0.763. The summed E-state index contributed by atoms with van der Waals surface area (Å²) in [6, 6.07) is 16.8. The maximum absolute atomic E-state index is 4.90. The summed E-state index contributed by atoms with van der Waals surface area (Å²) < 4.78 is 1.91. The fraction of sp³-hybridized carbons (Fsp3) is 0.250. The van der Waals surface area contributed by atoms with Gasteiger partial charge in [-0.05, 0) is 50.5 Å². The molecule has 6 nitrogen and oxygen atoms in total. The molecular weight excluding hydrogens is 404 g/mol. The highest BCUT2D eigenvalue weighted by Gasteiger charge is 2.15. The van der Waals surface area contributed by atoms with Gasteiger partial charge in [-0.25, -0.2) is 9.97 Å². The number of nitrogens with one attached hydrogen (secondary N) is 1. The minimum Gasteiger partial charge on any atom is -0.282 e. The fourth-order valence-electron chi connectivity index (χ4n) is 3.78. The molecule has 0 bridgehead atoms. The molecular formula is C24H24N6S. The van der Waals surface area contributed by atoms with Crippen molar-refractivity contribution in [3.63, 3.8) is 0 Å². The Morgan fingerprint density at radius 1 is 0.935 bits per heavy atom. The molecule has 0 unspecified atom stereocenters. The smallest absolute Gasteiger partial charge is 0.191 e. The monoisotopic (exact) mass is 428 g/mol. The lowest BCUT2D eigenvalue weighted by molar-refractivity contribution is 0.767. The van der Waals surface area contributed by atoms with Crippen LogP contribution in [-0.2, 0) is 18.6 Å². The number of H-pyrrole nitrogens is 1. The summed E-state index contributed by atoms with van der Waals surface area (Å²) in [5.41, 5.74) is 7.75. The molecule has 0 saturated carbocycles. The summed E-state index contributed by atoms with van der Waals surface area (Å²) in [4.78, 5) is 9.79. The third-order valence-electron chi connectivity index (χ3n) is 5.56. The van der Waals surface area contributed by atoms with Crippen molar-refractivity contribution in [1.82, 2.24) is 29.8 Å². The van der Waals surface area contributed by atoms with E-state index in [0.29, 0.717) is 0 Å². The van der Waals surface area contributed by atoms with E-state index in [9.17, 15) is 0 Å². The van der Waals surface area contributed by atoms with E-state index in [2.05, 4.69) is 54.4 Å². The first-order valence-electron chi connectivity index (χ1n) is 10.4. The molecule has 0 spiro atoms. The largest absolute Gasteiger partial charge is 0.282 e. The van der Waals surface area contributed by atoms with Gasteiger partial charge in [0.15, 0.2) is 16.6 Å². The van der Waals surface area contributed by atoms with Gasteiger partial charge in [0, 0.05) is 23.3 Å². The highest BCUT2D eigenvalue weighted by atomic mass is 32.2. The van der Waals surface area contributed by atoms with Crippen LogP contribution in [0.25, 0.3) is 16.6 Å². The quantitative estimate of drug-likeness (QED) is 0.304. The normalized spacial score (nSPS) is 11.6. The summed E-state index contributed by atoms with van der Waals surface area (Å²) in [5.74, 6) is 1.67. The van der Waals surface area contributed by atoms with Gasteiger partial charge in [0.2, 0.25) is 0 Å². The molecule has 0 saturated heterocycles. The van der Waals surface area contributed by atoms with Crippen molar-refractivity contribution >= 4 is 28.3 Å². The Bertz CT molecular complexity index is 1350. The van der Waals surface area contributed by atoms with E-state index < -0.39 is 0 Å². The molecule has 0 aliphatic rings. The van der Waals surface area contributed by atoms with Gasteiger partial charge in [0.25, 0.3) is 0 Å². The number of benzene rings is 2. The van der Waals surface area contributed by atoms with Gasteiger partial charge in [-0.2, -0.15) is 9.61 Å². The summed E-state index contributed by atoms with van der Waals surface area (Å²) >= 11 is 1.69. The number of rotatable bonds is 6. The number of hydrogen-bond donors (Lipinski definition) is 1. The van der Waals surface area contributed by atoms with E-state index in [1.165, 1.54) is 16.7 Å². The number of nitrogens with zero attached hydrogens (tertiary/aromatic N) is 5. The standard InChI is InChI=1S/C24H24N6S/c1-15-8-10-18(11-9-15)14-31-24-25-21-7-5-4-6-20(21)23-26-22(29-30(23)24)13-12-19-16(2)27-28-17(19)3/h4-11H,12-14H2,1-3H3,(H,27,28). The molecule has 3 heterocycles. The van der Waals surface area contributed by atoms with E-state index in [1.807, 2.05) is 29.6 Å². The van der Waals surface area contributed by atoms with Gasteiger partial charge >= 0.3 is 0 Å². The molecule has 0 atom stereocenters. The maximum Gasteiger partial charge on any atom is 0.191 e. The van der Waals surface area contributed by atoms with Crippen LogP contribution in [0.3, 0.4) is 0 Å². The Morgan fingerprint density at radius 3 is 2.52 bits per heavy atom. The number of thioether (sulfide) groups is 1. The van der Waals surface area contributed by atoms with Crippen LogP contribution in [0.4, 0.5) is 0 Å². The van der Waals surface area contributed by atoms with Crippen LogP contribution >= 0.6 is 11.8 Å². The molecule has 1 N–H and O–H groups in total. The van der Waals surface area contributed by atoms with Crippen molar-refractivity contribution in [2.75, 3.05) is 0 Å². The SMILES string of the molecule is Cc1ccc(CSc2nc3ccccc3c3nc(CCc4c(C)n[nH]c4C)nn23)cc1. The molecule has 156 valence electrons. The zero-order valence-corrected chi connectivity index (χ0v) is 18.7. The Labute approximate surface area is 185 Å². The van der Waals surface area contributed by atoms with Crippen molar-refractivity contribution in [3.05, 3.63) is 82.4 Å². The number of hydrogen-bond acceptors (Lipinski definition) is 5. The lowest BCUT2D eigenvalue weighted by Gasteiger charge is -2.06. The number of para-hydroxylation sites is 1. The van der Waals surface area contributed by atoms with Crippen LogP contribution in [0.1, 0.15) is 33.9 Å². The fourth-order valence-corrected chi connectivity index (χ4v) is 4.68. The molecule has 0 aliphatic heterocycles. The number of fused-ring (bicyclic) bond motifs is 3. The lowest BCUT2D eigenvalue weighted by Crippen LogP contribution is -2.00. The predicted molar refractivity (Wildman–Crippen MR) is 124 cm³/mol. The van der Waals surface area contributed by atoms with Gasteiger partial charge in [-0.15, -0.1) is 5.10 Å². The summed E-state index contributed by atoms with van der Waals surface area (Å²) in [6.07, 6.45) is 1.63. The highest BCUT2D eigenvalue weighted by molar-refractivity contribution is 7.98. The van der Waals surface area contributed by atoms with Crippen molar-refractivity contribution in [2.24, 2.45) is 0 Å². The molecule has 0 fully saturated rings. The van der Waals surface area contributed by atoms with Gasteiger partial charge in [0.05, 0.1) is 11.2 Å². The zero-order chi connectivity index (χ0) is 21.4. The van der Waals surface area contributed by atoms with Gasteiger partial charge in [-0.3, -0.25) is 5.10 Å². The minimum absolute atomic E-state index is 0.763. The van der Waals surface area contributed by atoms with E-state index in [1.54, 1.807) is 11.8 Å². The van der Waals surface area contributed by atoms with Crippen molar-refractivity contribution < 1.29 is 0 Å². The summed E-state index contributed by atoms with van der Waals surface area (Å²) in [6.45, 7) is 6.20. The number of aryl methyl sites for hydroxylation is 4. The Kier molecular flexibility index (Phi) is 5.19. The second-order valence-electron chi connectivity index (χ2n) is 7.86. The number of aromatic nitrogens is 6. The second kappa shape index (κ2) is 8.15. The maximum atomic E-state index is 4.90. The molecule has 7 heteroatoms. The van der Waals surface area contributed by atoms with Crippen LogP contribution in [0.15, 0.2) is 53.7 Å². The Balaban J connectivity index is 1.49. The van der Waals surface area contributed by atoms with Crippen molar-refractivity contribution in [3.8, 4) is 0 Å². The van der Waals surface area contributed by atoms with Crippen LogP contribution in [0, 0.1) is 20.8 Å². The van der Waals surface area contributed by atoms with E-state index in [4.69, 9.17) is 15.1 Å². The summed E-state index contributed by atoms with van der Waals surface area (Å²) in [7, 11) is 0. The average molecular weight is 429 g/mol. The first-order valence-corrected chi connectivity index (χ1v) is 11.4. The first kappa shape index (κ1) is 19.8. The van der Waals surface area contributed by atoms with Gasteiger partial charge in [-0.1, -0.05) is 53.7 Å². The van der Waals surface area contributed by atoms with E-state index in [-0.39, 0.29) is 0 Å². The zero-order valence-electron chi connectivity index (χ0n) is 17.9. The molecule has 5 rings (SSSR count). The lowest BCUT2D eigenvalue weighted by atomic mass is 10.1. The first-order chi connectivity index (χ1) is 15.1. The second-order valence-corrected chi connectivity index (χ2v) is 8.80. The summed E-state index contributed by atoms with van der Waals surface area (Å²) in [5, 5.41) is 14.1. The van der Waals surface area contributed by atoms with E-state index >= 15 is 0 Å². The molecule has 5 aromatic rings. The molecule has 0 aliphatic carbocycles. The Morgan fingerprint density at radius 2 is 1.74 bits per heavy atom. The number of aromatic amines is 1. The topological polar surface area (TPSA) is 71.8 Å². The molecule has 3 aromatic heterocycles. The Hall–Kier alpha value is -3.19. The average Bonchev–Trinajstić information content (AvgIpc) is 3.35. The third kappa shape index (κ3) is 3.93. The molecule has 2 aromatic carbocycles. The molecule has 0 radical (unpaired) electrons. The third-order valence-corrected chi connectivity index (χ3v) is 6.56. The molecule has 0 amide bonds. The van der Waals surface area contributed by atoms with Gasteiger partial charge < -0.3 is 0 Å². The van der Waals surface area contributed by atoms with Crippen molar-refractivity contribution in [2.45, 2.75) is 44.5 Å².